The van der Waals surface area contributed by atoms with Crippen LogP contribution >= 0.6 is 0 Å². The molecule has 0 bridgehead atoms. The minimum absolute atomic E-state index is 0.234. The van der Waals surface area contributed by atoms with Gasteiger partial charge in [-0.2, -0.15) is 14.5 Å². The number of pyridine rings is 1. The lowest BCUT2D eigenvalue weighted by Gasteiger charge is -2.25. The Hall–Kier alpha value is -3.60. The largest absolute Gasteiger partial charge is 0.391 e. The van der Waals surface area contributed by atoms with E-state index in [1.54, 1.807) is 4.90 Å². The molecule has 1 amide bonds. The second-order valence-electron chi connectivity index (χ2n) is 9.06. The summed E-state index contributed by atoms with van der Waals surface area (Å²) in [5, 5.41) is 23.8. The molecule has 1 aliphatic heterocycles. The molecule has 0 spiro atoms. The Morgan fingerprint density at radius 3 is 2.88 bits per heavy atom. The number of aromatic amines is 1. The van der Waals surface area contributed by atoms with Crippen LogP contribution in [-0.4, -0.2) is 54.9 Å². The number of aromatic nitrogens is 5. The summed E-state index contributed by atoms with van der Waals surface area (Å²) in [4.78, 5) is 27.8. The van der Waals surface area contributed by atoms with Crippen molar-refractivity contribution < 1.29 is 14.3 Å². The maximum atomic E-state index is 13.1. The van der Waals surface area contributed by atoms with Gasteiger partial charge in [0, 0.05) is 30.3 Å². The van der Waals surface area contributed by atoms with Crippen molar-refractivity contribution in [1.82, 2.24) is 25.1 Å². The minimum Gasteiger partial charge on any atom is -0.391 e. The van der Waals surface area contributed by atoms with Crippen LogP contribution in [0, 0.1) is 5.95 Å². The summed E-state index contributed by atoms with van der Waals surface area (Å²) in [5.74, 6) is 1.08. The number of rotatable bonds is 6. The van der Waals surface area contributed by atoms with Gasteiger partial charge in [-0.3, -0.25) is 9.89 Å². The monoisotopic (exact) mass is 466 g/mol. The highest BCUT2D eigenvalue weighted by atomic mass is 19.1. The summed E-state index contributed by atoms with van der Waals surface area (Å²) in [6.07, 6.45) is 3.46. The van der Waals surface area contributed by atoms with Crippen LogP contribution in [0.5, 0.6) is 0 Å². The highest BCUT2D eigenvalue weighted by Crippen LogP contribution is 2.33. The van der Waals surface area contributed by atoms with E-state index in [-0.39, 0.29) is 18.9 Å². The Labute approximate surface area is 196 Å². The Bertz CT molecular complexity index is 1200. The number of fused-ring (bicyclic) bond motifs is 1. The third-order valence-electron chi connectivity index (χ3n) is 6.22. The van der Waals surface area contributed by atoms with Gasteiger partial charge in [0.15, 0.2) is 5.82 Å². The molecule has 1 aliphatic carbocycles. The van der Waals surface area contributed by atoms with Crippen molar-refractivity contribution in [1.29, 1.82) is 0 Å². The lowest BCUT2D eigenvalue weighted by Crippen LogP contribution is -2.40. The zero-order valence-electron chi connectivity index (χ0n) is 19.0. The van der Waals surface area contributed by atoms with E-state index in [4.69, 9.17) is 9.97 Å². The van der Waals surface area contributed by atoms with Crippen LogP contribution in [0.2, 0.25) is 0 Å². The first-order chi connectivity index (χ1) is 16.4. The van der Waals surface area contributed by atoms with Crippen molar-refractivity contribution >= 4 is 29.2 Å². The first-order valence-electron chi connectivity index (χ1n) is 11.5. The molecule has 0 saturated carbocycles. The predicted octanol–water partition coefficient (Wildman–Crippen LogP) is 2.67. The second-order valence-corrected chi connectivity index (χ2v) is 9.06. The minimum atomic E-state index is -0.699. The van der Waals surface area contributed by atoms with Gasteiger partial charge < -0.3 is 20.6 Å². The van der Waals surface area contributed by atoms with E-state index in [1.165, 1.54) is 18.3 Å². The number of nitrogens with one attached hydrogen (secondary N) is 3. The Kier molecular flexibility index (Phi) is 5.86. The SMILES string of the molecule is CC(C)c1cc(Nc2nc(N3C[C@H](O)C[C@@H]3C(=O)Nc3ccc(F)nc3)nc3c2CCC3)n[nH]1. The molecule has 4 heterocycles. The molecule has 3 aromatic heterocycles. The molecule has 2 aliphatic rings. The third kappa shape index (κ3) is 4.43. The highest BCUT2D eigenvalue weighted by Gasteiger charge is 2.38. The molecule has 1 fully saturated rings. The molecule has 3 aromatic rings. The van der Waals surface area contributed by atoms with Gasteiger partial charge in [0.25, 0.3) is 0 Å². The fraction of sp³-hybridized carbons (Fsp3) is 0.435. The van der Waals surface area contributed by atoms with E-state index in [9.17, 15) is 14.3 Å². The molecule has 0 radical (unpaired) electrons. The van der Waals surface area contributed by atoms with E-state index in [0.717, 1.165) is 36.2 Å². The number of carbonyl (C=O) groups is 1. The van der Waals surface area contributed by atoms with Crippen molar-refractivity contribution in [2.75, 3.05) is 22.1 Å². The van der Waals surface area contributed by atoms with Gasteiger partial charge in [0.05, 0.1) is 23.7 Å². The third-order valence-corrected chi connectivity index (χ3v) is 6.22. The average Bonchev–Trinajstić information content (AvgIpc) is 3.54. The van der Waals surface area contributed by atoms with Gasteiger partial charge in [0.1, 0.15) is 11.9 Å². The number of carbonyl (C=O) groups excluding carboxylic acids is 1. The highest BCUT2D eigenvalue weighted by molar-refractivity contribution is 5.97. The van der Waals surface area contributed by atoms with Crippen LogP contribution in [-0.2, 0) is 17.6 Å². The lowest BCUT2D eigenvalue weighted by molar-refractivity contribution is -0.117. The number of H-pyrrole nitrogens is 1. The maximum Gasteiger partial charge on any atom is 0.247 e. The quantitative estimate of drug-likeness (QED) is 0.408. The molecule has 10 nitrogen and oxygen atoms in total. The van der Waals surface area contributed by atoms with Gasteiger partial charge in [0.2, 0.25) is 17.8 Å². The van der Waals surface area contributed by atoms with Crippen molar-refractivity contribution in [3.8, 4) is 0 Å². The molecule has 0 aromatic carbocycles. The van der Waals surface area contributed by atoms with Crippen LogP contribution < -0.4 is 15.5 Å². The smallest absolute Gasteiger partial charge is 0.247 e. The van der Waals surface area contributed by atoms with Gasteiger partial charge in [-0.25, -0.2) is 9.97 Å². The topological polar surface area (TPSA) is 132 Å². The fourth-order valence-electron chi connectivity index (χ4n) is 4.43. The number of amides is 1. The zero-order valence-corrected chi connectivity index (χ0v) is 19.0. The van der Waals surface area contributed by atoms with Gasteiger partial charge in [-0.05, 0) is 37.3 Å². The van der Waals surface area contributed by atoms with E-state index in [1.807, 2.05) is 6.07 Å². The van der Waals surface area contributed by atoms with Crippen molar-refractivity contribution in [3.63, 3.8) is 0 Å². The summed E-state index contributed by atoms with van der Waals surface area (Å²) in [7, 11) is 0. The van der Waals surface area contributed by atoms with Gasteiger partial charge >= 0.3 is 0 Å². The molecular formula is C23H27FN8O2. The summed E-state index contributed by atoms with van der Waals surface area (Å²) in [6.45, 7) is 4.41. The van der Waals surface area contributed by atoms with Crippen LogP contribution in [0.15, 0.2) is 24.4 Å². The summed E-state index contributed by atoms with van der Waals surface area (Å²) >= 11 is 0. The number of hydrogen-bond donors (Lipinski definition) is 4. The molecular weight excluding hydrogens is 439 g/mol. The first-order valence-corrected chi connectivity index (χ1v) is 11.5. The number of β-amino-alcohol motifs (C(OH)–C–C–N with tert-alkyl or cyclic N) is 1. The normalized spacial score (nSPS) is 19.5. The van der Waals surface area contributed by atoms with Crippen molar-refractivity contribution in [3.05, 3.63) is 47.3 Å². The number of halogens is 1. The molecule has 0 unspecified atom stereocenters. The Morgan fingerprint density at radius 1 is 1.29 bits per heavy atom. The Morgan fingerprint density at radius 2 is 2.15 bits per heavy atom. The van der Waals surface area contributed by atoms with E-state index < -0.39 is 18.1 Å². The molecule has 4 N–H and O–H groups in total. The number of aliphatic hydroxyl groups is 1. The van der Waals surface area contributed by atoms with Crippen LogP contribution in [0.1, 0.15) is 49.6 Å². The molecule has 34 heavy (non-hydrogen) atoms. The summed E-state index contributed by atoms with van der Waals surface area (Å²) in [5.41, 5.74) is 3.39. The molecule has 11 heteroatoms. The van der Waals surface area contributed by atoms with Crippen LogP contribution in [0.25, 0.3) is 0 Å². The standard InChI is InChI=1S/C23H27FN8O2/c1-12(2)17-9-20(31-30-17)28-21-15-4-3-5-16(15)27-23(29-21)32-11-14(33)8-18(32)22(34)26-13-6-7-19(24)25-10-13/h6-7,9-10,12,14,18,33H,3-5,8,11H2,1-2H3,(H,26,34)(H2,27,28,29,30,31)/t14-,18-/m1/s1. The number of nitrogens with zero attached hydrogens (tertiary/aromatic N) is 5. The van der Waals surface area contributed by atoms with Crippen LogP contribution in [0.3, 0.4) is 0 Å². The second kappa shape index (κ2) is 8.98. The first kappa shape index (κ1) is 22.2. The predicted molar refractivity (Wildman–Crippen MR) is 125 cm³/mol. The summed E-state index contributed by atoms with van der Waals surface area (Å²) < 4.78 is 13.1. The molecule has 1 saturated heterocycles. The molecule has 2 atom stereocenters. The zero-order chi connectivity index (χ0) is 23.8. The maximum absolute atomic E-state index is 13.1. The van der Waals surface area contributed by atoms with E-state index in [0.29, 0.717) is 29.2 Å². The summed E-state index contributed by atoms with van der Waals surface area (Å²) in [6, 6.07) is 3.91. The van der Waals surface area contributed by atoms with E-state index >= 15 is 0 Å². The van der Waals surface area contributed by atoms with Crippen molar-refractivity contribution in [2.24, 2.45) is 0 Å². The molecule has 178 valence electrons. The fourth-order valence-corrected chi connectivity index (χ4v) is 4.43. The van der Waals surface area contributed by atoms with Gasteiger partial charge in [-0.1, -0.05) is 13.8 Å². The number of anilines is 4. The van der Waals surface area contributed by atoms with Gasteiger partial charge in [-0.15, -0.1) is 0 Å². The lowest BCUT2D eigenvalue weighted by atomic mass is 10.1. The molecule has 5 rings (SSSR count). The number of aryl methyl sites for hydroxylation is 1. The number of hydrogen-bond acceptors (Lipinski definition) is 8. The van der Waals surface area contributed by atoms with Crippen LogP contribution in [0.4, 0.5) is 27.7 Å². The van der Waals surface area contributed by atoms with Crippen molar-refractivity contribution in [2.45, 2.75) is 57.6 Å². The average molecular weight is 467 g/mol. The Balaban J connectivity index is 1.42. The number of aliphatic hydroxyl groups excluding tert-OH is 1. The van der Waals surface area contributed by atoms with E-state index in [2.05, 4.69) is 39.7 Å².